The van der Waals surface area contributed by atoms with Crippen molar-refractivity contribution in [3.05, 3.63) is 42.2 Å². The molecule has 1 aromatic heterocycles. The van der Waals surface area contributed by atoms with Gasteiger partial charge in [0.15, 0.2) is 0 Å². The zero-order valence-corrected chi connectivity index (χ0v) is 10.4. The fourth-order valence-electron chi connectivity index (χ4n) is 1.55. The van der Waals surface area contributed by atoms with Crippen LogP contribution in [0.4, 0.5) is 0 Å². The second-order valence-corrected chi connectivity index (χ2v) is 5.36. The van der Waals surface area contributed by atoms with Crippen LogP contribution < -0.4 is 4.72 Å². The summed E-state index contributed by atoms with van der Waals surface area (Å²) in [5.41, 5.74) is 1.66. The van der Waals surface area contributed by atoms with Crippen LogP contribution in [-0.4, -0.2) is 21.8 Å². The number of carbonyl (C=O) groups is 1. The highest BCUT2D eigenvalue weighted by Gasteiger charge is 2.21. The maximum Gasteiger partial charge on any atom is 0.274 e. The van der Waals surface area contributed by atoms with E-state index in [-0.39, 0.29) is 5.09 Å². The van der Waals surface area contributed by atoms with E-state index < -0.39 is 10.0 Å². The zero-order chi connectivity index (χ0) is 13.2. The molecule has 0 spiro atoms. The van der Waals surface area contributed by atoms with Crippen molar-refractivity contribution >= 4 is 16.3 Å². The molecule has 1 N–H and O–H groups in total. The van der Waals surface area contributed by atoms with Crippen LogP contribution >= 0.6 is 0 Å². The van der Waals surface area contributed by atoms with Crippen LogP contribution in [0.25, 0.3) is 11.1 Å². The Kier molecular flexibility index (Phi) is 3.31. The topological polar surface area (TPSA) is 76.4 Å². The monoisotopic (exact) mass is 265 g/mol. The first-order valence-corrected chi connectivity index (χ1v) is 6.63. The van der Waals surface area contributed by atoms with Gasteiger partial charge in [0.1, 0.15) is 6.29 Å². The molecule has 0 amide bonds. The second-order valence-electron chi connectivity index (χ2n) is 3.57. The van der Waals surface area contributed by atoms with Crippen LogP contribution in [-0.2, 0) is 10.0 Å². The van der Waals surface area contributed by atoms with Crippen LogP contribution in [0.1, 0.15) is 10.4 Å². The fraction of sp³-hybridized carbons (Fsp3) is 0.0833. The summed E-state index contributed by atoms with van der Waals surface area (Å²) < 4.78 is 30.6. The van der Waals surface area contributed by atoms with Gasteiger partial charge in [-0.2, -0.15) is 0 Å². The minimum absolute atomic E-state index is 0.135. The van der Waals surface area contributed by atoms with Crippen molar-refractivity contribution in [2.75, 3.05) is 7.05 Å². The average molecular weight is 265 g/mol. The molecule has 0 bridgehead atoms. The van der Waals surface area contributed by atoms with Crippen LogP contribution in [0, 0.1) is 0 Å². The standard InChI is InChI=1S/C12H11NO4S/c1-13-18(15,16)12-11(6-7-17-12)10-4-2-9(8-14)3-5-10/h2-8,13H,1H3. The Balaban J connectivity index is 2.52. The van der Waals surface area contributed by atoms with Gasteiger partial charge in [0.2, 0.25) is 5.09 Å². The molecule has 1 heterocycles. The molecule has 0 fully saturated rings. The van der Waals surface area contributed by atoms with Crippen molar-refractivity contribution in [3.8, 4) is 11.1 Å². The van der Waals surface area contributed by atoms with E-state index in [1.54, 1.807) is 30.3 Å². The summed E-state index contributed by atoms with van der Waals surface area (Å²) >= 11 is 0. The van der Waals surface area contributed by atoms with Gasteiger partial charge in [0.05, 0.1) is 6.26 Å². The number of hydrogen-bond donors (Lipinski definition) is 1. The predicted octanol–water partition coefficient (Wildman–Crippen LogP) is 1.67. The van der Waals surface area contributed by atoms with E-state index >= 15 is 0 Å². The lowest BCUT2D eigenvalue weighted by molar-refractivity contribution is 0.112. The van der Waals surface area contributed by atoms with Crippen LogP contribution in [0.15, 0.2) is 46.1 Å². The average Bonchev–Trinajstić information content (AvgIpc) is 2.89. The van der Waals surface area contributed by atoms with E-state index in [0.29, 0.717) is 16.7 Å². The fourth-order valence-corrected chi connectivity index (χ4v) is 2.39. The van der Waals surface area contributed by atoms with Gasteiger partial charge in [-0.1, -0.05) is 24.3 Å². The van der Waals surface area contributed by atoms with E-state index in [0.717, 1.165) is 6.29 Å². The summed E-state index contributed by atoms with van der Waals surface area (Å²) in [6.07, 6.45) is 2.04. The Bertz CT molecular complexity index is 656. The second kappa shape index (κ2) is 4.75. The lowest BCUT2D eigenvalue weighted by Crippen LogP contribution is -2.18. The predicted molar refractivity (Wildman–Crippen MR) is 65.8 cm³/mol. The third-order valence-electron chi connectivity index (χ3n) is 2.50. The van der Waals surface area contributed by atoms with Crippen LogP contribution in [0.2, 0.25) is 0 Å². The first-order chi connectivity index (χ1) is 8.58. The SMILES string of the molecule is CNS(=O)(=O)c1occc1-c1ccc(C=O)cc1. The summed E-state index contributed by atoms with van der Waals surface area (Å²) in [6.45, 7) is 0. The lowest BCUT2D eigenvalue weighted by Gasteiger charge is -2.03. The quantitative estimate of drug-likeness (QED) is 0.853. The van der Waals surface area contributed by atoms with Crippen molar-refractivity contribution < 1.29 is 17.6 Å². The number of benzene rings is 1. The molecule has 0 aliphatic carbocycles. The minimum atomic E-state index is -3.64. The number of rotatable bonds is 4. The van der Waals surface area contributed by atoms with Gasteiger partial charge in [0, 0.05) is 11.1 Å². The molecule has 2 aromatic rings. The number of hydrogen-bond acceptors (Lipinski definition) is 4. The van der Waals surface area contributed by atoms with Gasteiger partial charge in [-0.15, -0.1) is 0 Å². The Labute approximate surface area is 104 Å². The highest BCUT2D eigenvalue weighted by molar-refractivity contribution is 7.89. The third-order valence-corrected chi connectivity index (χ3v) is 3.84. The van der Waals surface area contributed by atoms with Gasteiger partial charge in [-0.25, -0.2) is 13.1 Å². The molecule has 0 radical (unpaired) electrons. The van der Waals surface area contributed by atoms with Gasteiger partial charge < -0.3 is 4.42 Å². The summed E-state index contributed by atoms with van der Waals surface area (Å²) in [5, 5.41) is -0.135. The molecule has 18 heavy (non-hydrogen) atoms. The van der Waals surface area contributed by atoms with Gasteiger partial charge >= 0.3 is 0 Å². The highest BCUT2D eigenvalue weighted by Crippen LogP contribution is 2.28. The summed E-state index contributed by atoms with van der Waals surface area (Å²) in [4.78, 5) is 10.6. The number of carbonyl (C=O) groups excluding carboxylic acids is 1. The molecule has 0 aliphatic heterocycles. The van der Waals surface area contributed by atoms with Crippen molar-refractivity contribution in [3.63, 3.8) is 0 Å². The smallest absolute Gasteiger partial charge is 0.274 e. The van der Waals surface area contributed by atoms with E-state index in [1.807, 2.05) is 0 Å². The minimum Gasteiger partial charge on any atom is -0.451 e. The first-order valence-electron chi connectivity index (χ1n) is 5.15. The molecule has 0 saturated carbocycles. The lowest BCUT2D eigenvalue weighted by atomic mass is 10.1. The molecule has 1 aromatic carbocycles. The number of aldehydes is 1. The third kappa shape index (κ3) is 2.20. The molecule has 94 valence electrons. The molecule has 0 atom stereocenters. The Morgan fingerprint density at radius 1 is 1.17 bits per heavy atom. The van der Waals surface area contributed by atoms with E-state index in [2.05, 4.69) is 4.72 Å². The molecule has 5 nitrogen and oxygen atoms in total. The number of sulfonamides is 1. The van der Waals surface area contributed by atoms with E-state index in [9.17, 15) is 13.2 Å². The Morgan fingerprint density at radius 2 is 1.83 bits per heavy atom. The van der Waals surface area contributed by atoms with Crippen molar-refractivity contribution in [1.29, 1.82) is 0 Å². The maximum absolute atomic E-state index is 11.7. The van der Waals surface area contributed by atoms with Crippen LogP contribution in [0.3, 0.4) is 0 Å². The molecule has 0 saturated heterocycles. The Hall–Kier alpha value is -1.92. The normalized spacial score (nSPS) is 11.4. The van der Waals surface area contributed by atoms with Gasteiger partial charge in [-0.05, 0) is 18.7 Å². The van der Waals surface area contributed by atoms with Crippen LogP contribution in [0.5, 0.6) is 0 Å². The van der Waals surface area contributed by atoms with E-state index in [1.165, 1.54) is 13.3 Å². The van der Waals surface area contributed by atoms with Crippen molar-refractivity contribution in [2.45, 2.75) is 5.09 Å². The molecule has 0 aliphatic rings. The summed E-state index contributed by atoms with van der Waals surface area (Å²) in [5.74, 6) is 0. The molecular formula is C12H11NO4S. The number of furan rings is 1. The van der Waals surface area contributed by atoms with Gasteiger partial charge in [0.25, 0.3) is 10.0 Å². The summed E-state index contributed by atoms with van der Waals surface area (Å²) in [6, 6.07) is 8.14. The first kappa shape index (κ1) is 12.5. The van der Waals surface area contributed by atoms with Crippen molar-refractivity contribution in [2.24, 2.45) is 0 Å². The molecule has 0 unspecified atom stereocenters. The largest absolute Gasteiger partial charge is 0.451 e. The summed E-state index contributed by atoms with van der Waals surface area (Å²) in [7, 11) is -2.32. The maximum atomic E-state index is 11.7. The number of nitrogens with one attached hydrogen (secondary N) is 1. The highest BCUT2D eigenvalue weighted by atomic mass is 32.2. The molecule has 2 rings (SSSR count). The Morgan fingerprint density at radius 3 is 2.39 bits per heavy atom. The molecule has 6 heteroatoms. The van der Waals surface area contributed by atoms with Crippen molar-refractivity contribution in [1.82, 2.24) is 4.72 Å². The van der Waals surface area contributed by atoms with E-state index in [4.69, 9.17) is 4.42 Å². The molecular weight excluding hydrogens is 254 g/mol. The van der Waals surface area contributed by atoms with Gasteiger partial charge in [-0.3, -0.25) is 4.79 Å². The zero-order valence-electron chi connectivity index (χ0n) is 9.58.